The Balaban J connectivity index is 3.19. The molecule has 1 rings (SSSR count). The molecule has 1 atom stereocenters. The average Bonchev–Trinajstić information content (AvgIpc) is 2.81. The Kier molecular flexibility index (Phi) is 12.1. The first-order valence-electron chi connectivity index (χ1n) is 10.3. The molecule has 208 valence electrons. The standard InChI is InChI=1S/C24H20Cl3F7N2O2/c1-4-13(12(3)22(38)35-10-20(37)36-11-23(29,30)31)6-14(5-2)19(28)9-16(24(32,33)34)15-7-17(25)21(27)18(26)8-15/h4-9,16H,1,3,10-11H2,2H3,(H,35,38)(H,36,37)/b13-6-,14-5+,19-9-. The third-order valence-corrected chi connectivity index (χ3v) is 5.86. The van der Waals surface area contributed by atoms with Gasteiger partial charge in [0.1, 0.15) is 18.3 Å². The molecule has 0 aliphatic heterocycles. The smallest absolute Gasteiger partial charge is 0.345 e. The van der Waals surface area contributed by atoms with Crippen LogP contribution in [-0.4, -0.2) is 37.3 Å². The SMILES string of the molecule is C=C/C(=C/C(=C\C)C(/F)=C/C(c1cc(Cl)c(Cl)c(Cl)c1)C(F)(F)F)C(=C)C(=O)NCC(=O)NCC(F)(F)F. The van der Waals surface area contributed by atoms with E-state index in [9.17, 15) is 35.9 Å². The summed E-state index contributed by atoms with van der Waals surface area (Å²) in [6.07, 6.45) is -6.21. The Morgan fingerprint density at radius 2 is 1.58 bits per heavy atom. The van der Waals surface area contributed by atoms with Crippen molar-refractivity contribution in [2.24, 2.45) is 0 Å². The lowest BCUT2D eigenvalue weighted by molar-refractivity contribution is -0.139. The third kappa shape index (κ3) is 10.2. The van der Waals surface area contributed by atoms with Gasteiger partial charge in [-0.1, -0.05) is 60.1 Å². The summed E-state index contributed by atoms with van der Waals surface area (Å²) in [4.78, 5) is 23.7. The normalized spacial score (nSPS) is 14.1. The molecule has 0 bridgehead atoms. The molecule has 0 fully saturated rings. The van der Waals surface area contributed by atoms with Crippen molar-refractivity contribution in [2.75, 3.05) is 13.1 Å². The Morgan fingerprint density at radius 1 is 1.03 bits per heavy atom. The Bertz CT molecular complexity index is 1160. The van der Waals surface area contributed by atoms with E-state index in [1.165, 1.54) is 6.92 Å². The highest BCUT2D eigenvalue weighted by Crippen LogP contribution is 2.42. The molecule has 0 aliphatic rings. The minimum Gasteiger partial charge on any atom is -0.345 e. The predicted molar refractivity (Wildman–Crippen MR) is 133 cm³/mol. The average molecular weight is 608 g/mol. The molecular formula is C24H20Cl3F7N2O2. The monoisotopic (exact) mass is 606 g/mol. The van der Waals surface area contributed by atoms with Crippen LogP contribution in [0.4, 0.5) is 30.7 Å². The molecular weight excluding hydrogens is 588 g/mol. The van der Waals surface area contributed by atoms with Gasteiger partial charge in [0.05, 0.1) is 21.6 Å². The predicted octanol–water partition coefficient (Wildman–Crippen LogP) is 7.56. The molecule has 0 spiro atoms. The van der Waals surface area contributed by atoms with Crippen molar-refractivity contribution in [2.45, 2.75) is 25.2 Å². The van der Waals surface area contributed by atoms with Crippen LogP contribution >= 0.6 is 34.8 Å². The van der Waals surface area contributed by atoms with Crippen LogP contribution in [-0.2, 0) is 9.59 Å². The van der Waals surface area contributed by atoms with E-state index >= 15 is 4.39 Å². The van der Waals surface area contributed by atoms with E-state index in [4.69, 9.17) is 34.8 Å². The molecule has 2 amide bonds. The minimum atomic E-state index is -4.96. The highest BCUT2D eigenvalue weighted by Gasteiger charge is 2.40. The van der Waals surface area contributed by atoms with E-state index in [0.29, 0.717) is 0 Å². The molecule has 4 nitrogen and oxygen atoms in total. The summed E-state index contributed by atoms with van der Waals surface area (Å²) in [5.41, 5.74) is -1.41. The second-order valence-corrected chi connectivity index (χ2v) is 8.63. The van der Waals surface area contributed by atoms with E-state index in [1.54, 1.807) is 5.32 Å². The summed E-state index contributed by atoms with van der Waals surface area (Å²) in [5, 5.41) is 2.85. The number of rotatable bonds is 10. The van der Waals surface area contributed by atoms with Crippen molar-refractivity contribution in [1.29, 1.82) is 0 Å². The van der Waals surface area contributed by atoms with E-state index in [2.05, 4.69) is 13.2 Å². The summed E-state index contributed by atoms with van der Waals surface area (Å²) in [6, 6.07) is 1.80. The van der Waals surface area contributed by atoms with E-state index in [1.807, 2.05) is 5.32 Å². The van der Waals surface area contributed by atoms with E-state index < -0.39 is 60.1 Å². The number of amides is 2. The molecule has 0 saturated carbocycles. The zero-order valence-corrected chi connectivity index (χ0v) is 21.7. The van der Waals surface area contributed by atoms with Gasteiger partial charge in [0.2, 0.25) is 5.91 Å². The summed E-state index contributed by atoms with van der Waals surface area (Å²) in [5.74, 6) is -5.98. The third-order valence-electron chi connectivity index (χ3n) is 4.67. The van der Waals surface area contributed by atoms with Crippen molar-refractivity contribution in [3.05, 3.63) is 92.8 Å². The molecule has 0 radical (unpaired) electrons. The van der Waals surface area contributed by atoms with Gasteiger partial charge in [-0.15, -0.1) is 0 Å². The van der Waals surface area contributed by atoms with Crippen LogP contribution in [0.15, 0.2) is 72.1 Å². The lowest BCUT2D eigenvalue weighted by Gasteiger charge is -2.19. The topological polar surface area (TPSA) is 58.2 Å². The van der Waals surface area contributed by atoms with Crippen LogP contribution in [0.2, 0.25) is 15.1 Å². The second kappa shape index (κ2) is 13.9. The van der Waals surface area contributed by atoms with Crippen LogP contribution in [0.1, 0.15) is 18.4 Å². The van der Waals surface area contributed by atoms with Crippen LogP contribution in [0.25, 0.3) is 0 Å². The van der Waals surface area contributed by atoms with Gasteiger partial charge >= 0.3 is 12.4 Å². The highest BCUT2D eigenvalue weighted by atomic mass is 35.5. The quantitative estimate of drug-likeness (QED) is 0.125. The van der Waals surface area contributed by atoms with Gasteiger partial charge in [0.15, 0.2) is 0 Å². The molecule has 0 heterocycles. The molecule has 1 aromatic carbocycles. The van der Waals surface area contributed by atoms with Crippen molar-refractivity contribution in [3.8, 4) is 0 Å². The molecule has 0 aliphatic carbocycles. The molecule has 0 saturated heterocycles. The first-order chi connectivity index (χ1) is 17.4. The summed E-state index contributed by atoms with van der Waals surface area (Å²) in [6.45, 7) is 5.76. The molecule has 1 aromatic rings. The van der Waals surface area contributed by atoms with Crippen molar-refractivity contribution < 1.29 is 40.3 Å². The van der Waals surface area contributed by atoms with Crippen LogP contribution in [0.5, 0.6) is 0 Å². The lowest BCUT2D eigenvalue weighted by Crippen LogP contribution is -2.41. The lowest BCUT2D eigenvalue weighted by atomic mass is 9.95. The van der Waals surface area contributed by atoms with Gasteiger partial charge in [-0.05, 0) is 42.3 Å². The maximum absolute atomic E-state index is 15.1. The number of alkyl halides is 6. The highest BCUT2D eigenvalue weighted by molar-refractivity contribution is 6.48. The van der Waals surface area contributed by atoms with E-state index in [-0.39, 0.29) is 32.3 Å². The van der Waals surface area contributed by atoms with Gasteiger partial charge in [-0.25, -0.2) is 4.39 Å². The molecule has 38 heavy (non-hydrogen) atoms. The van der Waals surface area contributed by atoms with Gasteiger partial charge in [-0.2, -0.15) is 26.3 Å². The molecule has 0 aromatic heterocycles. The maximum atomic E-state index is 15.1. The fourth-order valence-electron chi connectivity index (χ4n) is 2.76. The summed E-state index contributed by atoms with van der Waals surface area (Å²) in [7, 11) is 0. The fourth-order valence-corrected chi connectivity index (χ4v) is 3.38. The Morgan fingerprint density at radius 3 is 2.03 bits per heavy atom. The second-order valence-electron chi connectivity index (χ2n) is 7.43. The maximum Gasteiger partial charge on any atom is 0.405 e. The molecule has 2 N–H and O–H groups in total. The summed E-state index contributed by atoms with van der Waals surface area (Å²) < 4.78 is 92.9. The van der Waals surface area contributed by atoms with Crippen molar-refractivity contribution in [3.63, 3.8) is 0 Å². The number of allylic oxidation sites excluding steroid dienone is 6. The minimum absolute atomic E-state index is 0.143. The first kappa shape index (κ1) is 33.3. The Labute approximate surface area is 228 Å². The molecule has 14 heteroatoms. The van der Waals surface area contributed by atoms with Gasteiger partial charge in [-0.3, -0.25) is 9.59 Å². The van der Waals surface area contributed by atoms with Gasteiger partial charge in [0.25, 0.3) is 5.91 Å². The number of hydrogen-bond acceptors (Lipinski definition) is 2. The molecule has 1 unspecified atom stereocenters. The number of hydrogen-bond donors (Lipinski definition) is 2. The van der Waals surface area contributed by atoms with Crippen LogP contribution in [0, 0.1) is 0 Å². The van der Waals surface area contributed by atoms with Crippen LogP contribution in [0.3, 0.4) is 0 Å². The Hall–Kier alpha value is -2.76. The number of halogens is 10. The number of benzene rings is 1. The summed E-state index contributed by atoms with van der Waals surface area (Å²) >= 11 is 17.4. The van der Waals surface area contributed by atoms with E-state index in [0.717, 1.165) is 30.4 Å². The number of carbonyl (C=O) groups excluding carboxylic acids is 2. The van der Waals surface area contributed by atoms with Gasteiger partial charge in [0, 0.05) is 11.1 Å². The zero-order chi connectivity index (χ0) is 29.4. The number of nitrogens with one attached hydrogen (secondary N) is 2. The first-order valence-corrected chi connectivity index (χ1v) is 11.4. The van der Waals surface area contributed by atoms with Crippen LogP contribution < -0.4 is 10.6 Å². The van der Waals surface area contributed by atoms with Crippen molar-refractivity contribution >= 4 is 46.6 Å². The number of carbonyl (C=O) groups is 2. The zero-order valence-electron chi connectivity index (χ0n) is 19.5. The fraction of sp³-hybridized carbons (Fsp3) is 0.250. The van der Waals surface area contributed by atoms with Gasteiger partial charge < -0.3 is 10.6 Å². The van der Waals surface area contributed by atoms with Crippen molar-refractivity contribution in [1.82, 2.24) is 10.6 Å². The largest absolute Gasteiger partial charge is 0.405 e.